The maximum atomic E-state index is 12.3. The molecule has 5 nitrogen and oxygen atoms in total. The zero-order chi connectivity index (χ0) is 17.5. The molecule has 5 heteroatoms. The lowest BCUT2D eigenvalue weighted by Gasteiger charge is -2.09. The molecule has 0 bridgehead atoms. The van der Waals surface area contributed by atoms with E-state index in [-0.39, 0.29) is 30.2 Å². The van der Waals surface area contributed by atoms with E-state index in [1.807, 2.05) is 6.07 Å². The second-order valence-electron chi connectivity index (χ2n) is 5.65. The summed E-state index contributed by atoms with van der Waals surface area (Å²) >= 11 is 0. The normalized spacial score (nSPS) is 10.3. The lowest BCUT2D eigenvalue weighted by Crippen LogP contribution is -2.39. The summed E-state index contributed by atoms with van der Waals surface area (Å²) in [5, 5.41) is 5.22. The number of ketones is 1. The van der Waals surface area contributed by atoms with E-state index in [2.05, 4.69) is 10.6 Å². The average Bonchev–Trinajstić information content (AvgIpc) is 2.61. The van der Waals surface area contributed by atoms with E-state index in [4.69, 9.17) is 0 Å². The fraction of sp³-hybridized carbons (Fsp3) is 0.211. The number of hydrogen-bond acceptors (Lipinski definition) is 3. The lowest BCUT2D eigenvalue weighted by atomic mass is 10.0. The van der Waals surface area contributed by atoms with Crippen LogP contribution in [0, 0.1) is 5.92 Å². The van der Waals surface area contributed by atoms with Gasteiger partial charge < -0.3 is 10.6 Å². The minimum atomic E-state index is -0.308. The van der Waals surface area contributed by atoms with Crippen LogP contribution in [0.2, 0.25) is 0 Å². The van der Waals surface area contributed by atoms with Gasteiger partial charge in [0.15, 0.2) is 5.78 Å². The van der Waals surface area contributed by atoms with Crippen molar-refractivity contribution in [1.82, 2.24) is 10.6 Å². The van der Waals surface area contributed by atoms with Crippen LogP contribution in [0.4, 0.5) is 0 Å². The third-order valence-electron chi connectivity index (χ3n) is 3.48. The van der Waals surface area contributed by atoms with Gasteiger partial charge in [0, 0.05) is 22.6 Å². The van der Waals surface area contributed by atoms with Crippen LogP contribution in [0.1, 0.15) is 40.1 Å². The molecule has 2 rings (SSSR count). The molecule has 0 aromatic heterocycles. The van der Waals surface area contributed by atoms with Crippen LogP contribution in [0.5, 0.6) is 0 Å². The molecule has 124 valence electrons. The zero-order valence-electron chi connectivity index (χ0n) is 13.7. The molecule has 0 heterocycles. The number of hydrogen-bond donors (Lipinski definition) is 2. The van der Waals surface area contributed by atoms with Crippen LogP contribution in [0.3, 0.4) is 0 Å². The summed E-state index contributed by atoms with van der Waals surface area (Å²) in [6.45, 7) is 3.62. The summed E-state index contributed by atoms with van der Waals surface area (Å²) in [5.41, 5.74) is 1.55. The molecule has 24 heavy (non-hydrogen) atoms. The first-order valence-electron chi connectivity index (χ1n) is 7.74. The van der Waals surface area contributed by atoms with E-state index >= 15 is 0 Å². The van der Waals surface area contributed by atoms with E-state index in [1.165, 1.54) is 0 Å². The molecular weight excluding hydrogens is 304 g/mol. The Balaban J connectivity index is 1.95. The third-order valence-corrected chi connectivity index (χ3v) is 3.48. The van der Waals surface area contributed by atoms with Gasteiger partial charge in [-0.2, -0.15) is 0 Å². The molecule has 0 atom stereocenters. The van der Waals surface area contributed by atoms with E-state index in [1.54, 1.807) is 62.4 Å². The SMILES string of the molecule is CC(C)C(=O)NCNC(=O)c1ccc(C(=O)c2ccccc2)cc1. The van der Waals surface area contributed by atoms with E-state index in [0.717, 1.165) is 0 Å². The van der Waals surface area contributed by atoms with Crippen LogP contribution >= 0.6 is 0 Å². The Kier molecular flexibility index (Phi) is 5.84. The van der Waals surface area contributed by atoms with Crippen molar-refractivity contribution >= 4 is 17.6 Å². The highest BCUT2D eigenvalue weighted by Crippen LogP contribution is 2.11. The quantitative estimate of drug-likeness (QED) is 0.633. The number of rotatable bonds is 6. The highest BCUT2D eigenvalue weighted by atomic mass is 16.2. The van der Waals surface area contributed by atoms with Crippen molar-refractivity contribution in [2.75, 3.05) is 6.67 Å². The fourth-order valence-corrected chi connectivity index (χ4v) is 2.05. The van der Waals surface area contributed by atoms with Gasteiger partial charge >= 0.3 is 0 Å². The summed E-state index contributed by atoms with van der Waals surface area (Å²) in [6.07, 6.45) is 0. The predicted octanol–water partition coefficient (Wildman–Crippen LogP) is 2.38. The van der Waals surface area contributed by atoms with Gasteiger partial charge in [0.25, 0.3) is 5.91 Å². The highest BCUT2D eigenvalue weighted by molar-refractivity contribution is 6.09. The molecule has 0 aliphatic rings. The van der Waals surface area contributed by atoms with Crippen LogP contribution in [-0.2, 0) is 4.79 Å². The first kappa shape index (κ1) is 17.4. The zero-order valence-corrected chi connectivity index (χ0v) is 13.7. The van der Waals surface area contributed by atoms with Gasteiger partial charge in [-0.25, -0.2) is 0 Å². The molecule has 2 N–H and O–H groups in total. The molecule has 2 amide bonds. The van der Waals surface area contributed by atoms with Crippen molar-refractivity contribution in [2.45, 2.75) is 13.8 Å². The first-order chi connectivity index (χ1) is 11.5. The van der Waals surface area contributed by atoms with Crippen LogP contribution < -0.4 is 10.6 Å². The van der Waals surface area contributed by atoms with Gasteiger partial charge in [0.05, 0.1) is 6.67 Å². The molecule has 0 aliphatic heterocycles. The topological polar surface area (TPSA) is 75.3 Å². The molecule has 2 aromatic carbocycles. The Morgan fingerprint density at radius 2 is 1.33 bits per heavy atom. The van der Waals surface area contributed by atoms with Crippen molar-refractivity contribution < 1.29 is 14.4 Å². The highest BCUT2D eigenvalue weighted by Gasteiger charge is 2.11. The second-order valence-corrected chi connectivity index (χ2v) is 5.65. The Hall–Kier alpha value is -2.95. The molecule has 0 fully saturated rings. The first-order valence-corrected chi connectivity index (χ1v) is 7.74. The minimum absolute atomic E-state index is 0.0700. The van der Waals surface area contributed by atoms with E-state index < -0.39 is 0 Å². The standard InChI is InChI=1S/C19H20N2O3/c1-13(2)18(23)20-12-21-19(24)16-10-8-15(9-11-16)17(22)14-6-4-3-5-7-14/h3-11,13H,12H2,1-2H3,(H,20,23)(H,21,24). The summed E-state index contributed by atoms with van der Waals surface area (Å²) in [4.78, 5) is 35.7. The molecule has 0 unspecified atom stereocenters. The van der Waals surface area contributed by atoms with Crippen molar-refractivity contribution in [3.05, 3.63) is 71.3 Å². The van der Waals surface area contributed by atoms with Crippen molar-refractivity contribution in [2.24, 2.45) is 5.92 Å². The second kappa shape index (κ2) is 8.06. The van der Waals surface area contributed by atoms with Crippen molar-refractivity contribution in [3.8, 4) is 0 Å². The van der Waals surface area contributed by atoms with Gasteiger partial charge in [0.2, 0.25) is 5.91 Å². The van der Waals surface area contributed by atoms with Gasteiger partial charge in [-0.3, -0.25) is 14.4 Å². The summed E-state index contributed by atoms with van der Waals surface area (Å²) < 4.78 is 0. The Bertz CT molecular complexity index is 722. The number of carbonyl (C=O) groups excluding carboxylic acids is 3. The van der Waals surface area contributed by atoms with Crippen molar-refractivity contribution in [1.29, 1.82) is 0 Å². The van der Waals surface area contributed by atoms with Crippen LogP contribution in [0.15, 0.2) is 54.6 Å². The Morgan fingerprint density at radius 3 is 1.92 bits per heavy atom. The fourth-order valence-electron chi connectivity index (χ4n) is 2.05. The molecule has 0 saturated carbocycles. The third kappa shape index (κ3) is 4.52. The smallest absolute Gasteiger partial charge is 0.252 e. The molecule has 0 aliphatic carbocycles. The van der Waals surface area contributed by atoms with E-state index in [9.17, 15) is 14.4 Å². The van der Waals surface area contributed by atoms with Crippen LogP contribution in [-0.4, -0.2) is 24.3 Å². The van der Waals surface area contributed by atoms with Gasteiger partial charge in [0.1, 0.15) is 0 Å². The maximum absolute atomic E-state index is 12.3. The Labute approximate surface area is 141 Å². The monoisotopic (exact) mass is 324 g/mol. The van der Waals surface area contributed by atoms with Crippen molar-refractivity contribution in [3.63, 3.8) is 0 Å². The molecule has 0 spiro atoms. The minimum Gasteiger partial charge on any atom is -0.338 e. The summed E-state index contributed by atoms with van der Waals surface area (Å²) in [6, 6.07) is 15.4. The summed E-state index contributed by atoms with van der Waals surface area (Å²) in [7, 11) is 0. The molecule has 0 saturated heterocycles. The average molecular weight is 324 g/mol. The molecular formula is C19H20N2O3. The number of amides is 2. The summed E-state index contributed by atoms with van der Waals surface area (Å²) in [5.74, 6) is -0.659. The number of nitrogens with one attached hydrogen (secondary N) is 2. The number of benzene rings is 2. The van der Waals surface area contributed by atoms with Gasteiger partial charge in [-0.15, -0.1) is 0 Å². The maximum Gasteiger partial charge on any atom is 0.252 e. The van der Waals surface area contributed by atoms with Crippen LogP contribution in [0.25, 0.3) is 0 Å². The molecule has 2 aromatic rings. The lowest BCUT2D eigenvalue weighted by molar-refractivity contribution is -0.124. The predicted molar refractivity (Wildman–Crippen MR) is 91.6 cm³/mol. The molecule has 0 radical (unpaired) electrons. The van der Waals surface area contributed by atoms with Gasteiger partial charge in [-0.05, 0) is 12.1 Å². The largest absolute Gasteiger partial charge is 0.338 e. The van der Waals surface area contributed by atoms with Gasteiger partial charge in [-0.1, -0.05) is 56.3 Å². The number of carbonyl (C=O) groups is 3. The Morgan fingerprint density at radius 1 is 0.792 bits per heavy atom. The van der Waals surface area contributed by atoms with E-state index in [0.29, 0.717) is 16.7 Å².